The van der Waals surface area contributed by atoms with E-state index in [9.17, 15) is 19.5 Å². The van der Waals surface area contributed by atoms with Crippen molar-refractivity contribution in [1.29, 1.82) is 0 Å². The van der Waals surface area contributed by atoms with Crippen molar-refractivity contribution in [3.63, 3.8) is 0 Å². The van der Waals surface area contributed by atoms with Crippen LogP contribution < -0.4 is 5.32 Å². The predicted molar refractivity (Wildman–Crippen MR) is 82.2 cm³/mol. The number of hydrogen-bond donors (Lipinski definition) is 2. The van der Waals surface area contributed by atoms with E-state index in [0.29, 0.717) is 45.6 Å². The van der Waals surface area contributed by atoms with Crippen LogP contribution in [0.4, 0.5) is 9.59 Å². The zero-order valence-corrected chi connectivity index (χ0v) is 13.5. The van der Waals surface area contributed by atoms with Crippen molar-refractivity contribution in [1.82, 2.24) is 15.1 Å². The quantitative estimate of drug-likeness (QED) is 0.813. The van der Waals surface area contributed by atoms with Crippen molar-refractivity contribution < 1.29 is 24.2 Å². The van der Waals surface area contributed by atoms with E-state index >= 15 is 0 Å². The summed E-state index contributed by atoms with van der Waals surface area (Å²) in [7, 11) is 0. The number of nitrogens with one attached hydrogen (secondary N) is 1. The molecule has 0 aromatic rings. The number of carbonyl (C=O) groups is 3. The second-order valence-electron chi connectivity index (χ2n) is 6.05. The first kappa shape index (κ1) is 17.4. The van der Waals surface area contributed by atoms with E-state index in [-0.39, 0.29) is 12.1 Å². The van der Waals surface area contributed by atoms with Gasteiger partial charge in [-0.2, -0.15) is 0 Å². The minimum atomic E-state index is -1.15. The molecule has 0 bridgehead atoms. The summed E-state index contributed by atoms with van der Waals surface area (Å²) in [5.41, 5.74) is -1.15. The highest BCUT2D eigenvalue weighted by atomic mass is 16.6. The van der Waals surface area contributed by atoms with Crippen LogP contribution in [0.5, 0.6) is 0 Å². The van der Waals surface area contributed by atoms with Gasteiger partial charge in [0.25, 0.3) is 0 Å². The van der Waals surface area contributed by atoms with Crippen LogP contribution in [0.1, 0.15) is 39.0 Å². The first-order chi connectivity index (χ1) is 11.0. The molecule has 2 fully saturated rings. The lowest BCUT2D eigenvalue weighted by Crippen LogP contribution is -2.61. The minimum absolute atomic E-state index is 0.320. The number of piperazine rings is 1. The Morgan fingerprint density at radius 3 is 2.13 bits per heavy atom. The molecule has 23 heavy (non-hydrogen) atoms. The molecule has 0 aromatic carbocycles. The molecule has 2 rings (SSSR count). The maximum atomic E-state index is 12.4. The van der Waals surface area contributed by atoms with Crippen molar-refractivity contribution in [2.75, 3.05) is 32.8 Å². The summed E-state index contributed by atoms with van der Waals surface area (Å²) in [6.45, 7) is 3.61. The van der Waals surface area contributed by atoms with Crippen LogP contribution in [0.2, 0.25) is 0 Å². The molecule has 3 amide bonds. The fraction of sp³-hybridized carbons (Fsp3) is 0.800. The van der Waals surface area contributed by atoms with Gasteiger partial charge in [-0.25, -0.2) is 14.4 Å². The first-order valence-corrected chi connectivity index (χ1v) is 8.21. The van der Waals surface area contributed by atoms with Crippen LogP contribution >= 0.6 is 0 Å². The Morgan fingerprint density at radius 2 is 1.61 bits per heavy atom. The molecular formula is C15H25N3O5. The summed E-state index contributed by atoms with van der Waals surface area (Å²) in [5.74, 6) is -0.962. The van der Waals surface area contributed by atoms with Crippen LogP contribution in [0.25, 0.3) is 0 Å². The van der Waals surface area contributed by atoms with Crippen LogP contribution in [0.15, 0.2) is 0 Å². The zero-order chi connectivity index (χ0) is 16.9. The summed E-state index contributed by atoms with van der Waals surface area (Å²) in [4.78, 5) is 38.8. The fourth-order valence-electron chi connectivity index (χ4n) is 3.14. The summed E-state index contributed by atoms with van der Waals surface area (Å²) >= 11 is 0. The van der Waals surface area contributed by atoms with E-state index in [2.05, 4.69) is 5.32 Å². The molecular weight excluding hydrogens is 302 g/mol. The lowest BCUT2D eigenvalue weighted by Gasteiger charge is -2.38. The van der Waals surface area contributed by atoms with Crippen molar-refractivity contribution in [3.05, 3.63) is 0 Å². The van der Waals surface area contributed by atoms with Crippen LogP contribution in [0, 0.1) is 0 Å². The van der Waals surface area contributed by atoms with Gasteiger partial charge < -0.3 is 25.0 Å². The minimum Gasteiger partial charge on any atom is -0.480 e. The predicted octanol–water partition coefficient (Wildman–Crippen LogP) is 1.26. The number of aliphatic carboxylic acids is 1. The van der Waals surface area contributed by atoms with Crippen molar-refractivity contribution in [3.8, 4) is 0 Å². The topological polar surface area (TPSA) is 99.2 Å². The first-order valence-electron chi connectivity index (χ1n) is 8.21. The standard InChI is InChI=1S/C15H25N3O5/c1-2-23-14(22)18-10-8-17(9-11-18)13(21)16-15(12(19)20)6-4-3-5-7-15/h2-11H2,1H3,(H,16,21)(H,19,20). The summed E-state index contributed by atoms with van der Waals surface area (Å²) in [6.07, 6.45) is 3.19. The summed E-state index contributed by atoms with van der Waals surface area (Å²) in [5, 5.41) is 12.2. The van der Waals surface area contributed by atoms with Gasteiger partial charge in [-0.3, -0.25) is 0 Å². The summed E-state index contributed by atoms with van der Waals surface area (Å²) in [6, 6.07) is -0.363. The largest absolute Gasteiger partial charge is 0.480 e. The molecule has 0 aromatic heterocycles. The third-order valence-corrected chi connectivity index (χ3v) is 4.56. The molecule has 1 saturated heterocycles. The fourth-order valence-corrected chi connectivity index (χ4v) is 3.14. The lowest BCUT2D eigenvalue weighted by atomic mass is 9.82. The van der Waals surface area contributed by atoms with Gasteiger partial charge in [0.05, 0.1) is 6.61 Å². The molecule has 8 nitrogen and oxygen atoms in total. The Labute approximate surface area is 135 Å². The van der Waals surface area contributed by atoms with Crippen LogP contribution in [-0.2, 0) is 9.53 Å². The highest BCUT2D eigenvalue weighted by Crippen LogP contribution is 2.28. The molecule has 1 aliphatic carbocycles. The van der Waals surface area contributed by atoms with Crippen molar-refractivity contribution in [2.45, 2.75) is 44.6 Å². The SMILES string of the molecule is CCOC(=O)N1CCN(C(=O)NC2(C(=O)O)CCCCC2)CC1. The van der Waals surface area contributed by atoms with Crippen LogP contribution in [0.3, 0.4) is 0 Å². The Balaban J connectivity index is 1.89. The van der Waals surface area contributed by atoms with Crippen LogP contribution in [-0.4, -0.2) is 71.3 Å². The second kappa shape index (κ2) is 7.52. The normalized spacial score (nSPS) is 20.7. The average molecular weight is 327 g/mol. The number of hydrogen-bond acceptors (Lipinski definition) is 4. The third kappa shape index (κ3) is 4.05. The molecule has 8 heteroatoms. The number of nitrogens with zero attached hydrogens (tertiary/aromatic N) is 2. The molecule has 0 radical (unpaired) electrons. The van der Waals surface area contributed by atoms with Crippen molar-refractivity contribution >= 4 is 18.1 Å². The number of carboxylic acid groups (broad SMARTS) is 1. The second-order valence-corrected chi connectivity index (χ2v) is 6.05. The van der Waals surface area contributed by atoms with Crippen molar-refractivity contribution in [2.24, 2.45) is 0 Å². The highest BCUT2D eigenvalue weighted by molar-refractivity contribution is 5.86. The number of amides is 3. The van der Waals surface area contributed by atoms with E-state index in [4.69, 9.17) is 4.74 Å². The molecule has 2 aliphatic rings. The third-order valence-electron chi connectivity index (χ3n) is 4.56. The van der Waals surface area contributed by atoms with Gasteiger partial charge in [0.1, 0.15) is 5.54 Å². The van der Waals surface area contributed by atoms with E-state index in [1.165, 1.54) is 0 Å². The molecule has 0 spiro atoms. The average Bonchev–Trinajstić information content (AvgIpc) is 2.56. The molecule has 1 saturated carbocycles. The molecule has 0 unspecified atom stereocenters. The van der Waals surface area contributed by atoms with E-state index in [0.717, 1.165) is 19.3 Å². The Kier molecular flexibility index (Phi) is 5.68. The molecule has 1 aliphatic heterocycles. The smallest absolute Gasteiger partial charge is 0.409 e. The molecule has 1 heterocycles. The number of urea groups is 1. The lowest BCUT2D eigenvalue weighted by molar-refractivity contribution is -0.146. The highest BCUT2D eigenvalue weighted by Gasteiger charge is 2.42. The number of ether oxygens (including phenoxy) is 1. The number of rotatable bonds is 3. The maximum absolute atomic E-state index is 12.4. The number of carboxylic acids is 1. The van der Waals surface area contributed by atoms with Gasteiger partial charge in [0.15, 0.2) is 0 Å². The Morgan fingerprint density at radius 1 is 1.04 bits per heavy atom. The van der Waals surface area contributed by atoms with Gasteiger partial charge >= 0.3 is 18.1 Å². The van der Waals surface area contributed by atoms with Gasteiger partial charge in [0, 0.05) is 26.2 Å². The van der Waals surface area contributed by atoms with E-state index in [1.54, 1.807) is 16.7 Å². The Bertz CT molecular complexity index is 454. The maximum Gasteiger partial charge on any atom is 0.409 e. The van der Waals surface area contributed by atoms with E-state index < -0.39 is 11.5 Å². The zero-order valence-electron chi connectivity index (χ0n) is 13.5. The van der Waals surface area contributed by atoms with Gasteiger partial charge in [-0.15, -0.1) is 0 Å². The summed E-state index contributed by atoms with van der Waals surface area (Å²) < 4.78 is 4.94. The van der Waals surface area contributed by atoms with Gasteiger partial charge in [-0.1, -0.05) is 19.3 Å². The van der Waals surface area contributed by atoms with Gasteiger partial charge in [-0.05, 0) is 19.8 Å². The Hall–Kier alpha value is -1.99. The van der Waals surface area contributed by atoms with Gasteiger partial charge in [0.2, 0.25) is 0 Å². The van der Waals surface area contributed by atoms with E-state index in [1.807, 2.05) is 0 Å². The monoisotopic (exact) mass is 327 g/mol. The number of carbonyl (C=O) groups excluding carboxylic acids is 2. The molecule has 130 valence electrons. The molecule has 0 atom stereocenters. The molecule has 2 N–H and O–H groups in total.